The van der Waals surface area contributed by atoms with Gasteiger partial charge in [0, 0.05) is 18.1 Å². The lowest BCUT2D eigenvalue weighted by Crippen LogP contribution is -2.24. The van der Waals surface area contributed by atoms with Gasteiger partial charge in [-0.15, -0.1) is 11.3 Å². The highest BCUT2D eigenvalue weighted by Crippen LogP contribution is 2.20. The molecule has 0 radical (unpaired) electrons. The van der Waals surface area contributed by atoms with E-state index in [1.54, 1.807) is 18.5 Å². The minimum absolute atomic E-state index is 0.0652. The molecule has 0 aliphatic rings. The number of rotatable bonds is 4. The Morgan fingerprint density at radius 3 is 2.79 bits per heavy atom. The summed E-state index contributed by atoms with van der Waals surface area (Å²) >= 11 is 1.43. The van der Waals surface area contributed by atoms with Crippen molar-refractivity contribution in [3.8, 4) is 0 Å². The molecule has 14 heavy (non-hydrogen) atoms. The van der Waals surface area contributed by atoms with Crippen LogP contribution in [0.3, 0.4) is 0 Å². The van der Waals surface area contributed by atoms with Crippen molar-refractivity contribution in [1.82, 2.24) is 10.3 Å². The number of alkyl halides is 3. The van der Waals surface area contributed by atoms with Gasteiger partial charge < -0.3 is 5.32 Å². The fourth-order valence-corrected chi connectivity index (χ4v) is 1.64. The van der Waals surface area contributed by atoms with Crippen LogP contribution in [0.25, 0.3) is 0 Å². The summed E-state index contributed by atoms with van der Waals surface area (Å²) in [4.78, 5) is 4.01. The first-order valence-corrected chi connectivity index (χ1v) is 5.06. The topological polar surface area (TPSA) is 24.9 Å². The predicted octanol–water partition coefficient (Wildman–Crippen LogP) is 2.75. The number of nitrogens with zero attached hydrogens (tertiary/aromatic N) is 1. The van der Waals surface area contributed by atoms with Gasteiger partial charge in [-0.05, 0) is 6.92 Å². The van der Waals surface area contributed by atoms with Crippen molar-refractivity contribution in [3.63, 3.8) is 0 Å². The van der Waals surface area contributed by atoms with Gasteiger partial charge in [0.1, 0.15) is 5.01 Å². The van der Waals surface area contributed by atoms with Crippen molar-refractivity contribution < 1.29 is 13.2 Å². The molecule has 1 atom stereocenters. The SMILES string of the molecule is CC(NCCC(F)(F)F)c1nccs1. The molecule has 0 amide bonds. The number of nitrogens with one attached hydrogen (secondary N) is 1. The highest BCUT2D eigenvalue weighted by atomic mass is 32.1. The Morgan fingerprint density at radius 1 is 1.57 bits per heavy atom. The van der Waals surface area contributed by atoms with Crippen LogP contribution in [0.5, 0.6) is 0 Å². The molecule has 0 saturated carbocycles. The van der Waals surface area contributed by atoms with Crippen LogP contribution in [-0.4, -0.2) is 17.7 Å². The van der Waals surface area contributed by atoms with Crippen LogP contribution in [0.2, 0.25) is 0 Å². The van der Waals surface area contributed by atoms with E-state index in [1.807, 2.05) is 0 Å². The summed E-state index contributed by atoms with van der Waals surface area (Å²) < 4.78 is 35.4. The number of aromatic nitrogens is 1. The molecule has 1 unspecified atom stereocenters. The third-order valence-corrected chi connectivity index (χ3v) is 2.64. The van der Waals surface area contributed by atoms with Gasteiger partial charge in [0.15, 0.2) is 0 Å². The van der Waals surface area contributed by atoms with E-state index in [4.69, 9.17) is 0 Å². The maximum absolute atomic E-state index is 11.8. The number of hydrogen-bond acceptors (Lipinski definition) is 3. The Labute approximate surface area is 84.2 Å². The minimum atomic E-state index is -4.09. The van der Waals surface area contributed by atoms with Crippen LogP contribution in [0, 0.1) is 0 Å². The molecule has 1 N–H and O–H groups in total. The van der Waals surface area contributed by atoms with Crippen LogP contribution in [-0.2, 0) is 0 Å². The van der Waals surface area contributed by atoms with Crippen LogP contribution >= 0.6 is 11.3 Å². The Morgan fingerprint density at radius 2 is 2.29 bits per heavy atom. The zero-order valence-electron chi connectivity index (χ0n) is 7.64. The largest absolute Gasteiger partial charge is 0.390 e. The maximum atomic E-state index is 11.8. The van der Waals surface area contributed by atoms with E-state index in [9.17, 15) is 13.2 Å². The molecule has 1 aromatic heterocycles. The summed E-state index contributed by atoms with van der Waals surface area (Å²) in [7, 11) is 0. The van der Waals surface area contributed by atoms with Gasteiger partial charge in [0.25, 0.3) is 0 Å². The van der Waals surface area contributed by atoms with E-state index in [-0.39, 0.29) is 12.6 Å². The van der Waals surface area contributed by atoms with Crippen LogP contribution in [0.4, 0.5) is 13.2 Å². The molecule has 0 aliphatic heterocycles. The van der Waals surface area contributed by atoms with Crippen LogP contribution in [0.15, 0.2) is 11.6 Å². The molecule has 0 bridgehead atoms. The third kappa shape index (κ3) is 4.06. The van der Waals surface area contributed by atoms with Gasteiger partial charge in [0.2, 0.25) is 0 Å². The average Bonchev–Trinajstić information content (AvgIpc) is 2.53. The lowest BCUT2D eigenvalue weighted by Gasteiger charge is -2.12. The standard InChI is InChI=1S/C8H11F3N2S/c1-6(7-13-4-5-14-7)12-3-2-8(9,10)11/h4-6,12H,2-3H2,1H3. The van der Waals surface area contributed by atoms with E-state index in [1.165, 1.54) is 11.3 Å². The van der Waals surface area contributed by atoms with E-state index >= 15 is 0 Å². The molecule has 0 spiro atoms. The van der Waals surface area contributed by atoms with Gasteiger partial charge in [-0.25, -0.2) is 4.98 Å². The Kier molecular flexibility index (Phi) is 3.88. The molecular formula is C8H11F3N2S. The predicted molar refractivity (Wildman–Crippen MR) is 49.2 cm³/mol. The maximum Gasteiger partial charge on any atom is 0.390 e. The smallest absolute Gasteiger partial charge is 0.308 e. The second kappa shape index (κ2) is 4.75. The zero-order valence-corrected chi connectivity index (χ0v) is 8.45. The van der Waals surface area contributed by atoms with E-state index in [0.717, 1.165) is 5.01 Å². The highest BCUT2D eigenvalue weighted by molar-refractivity contribution is 7.09. The lowest BCUT2D eigenvalue weighted by atomic mass is 10.3. The van der Waals surface area contributed by atoms with Crippen molar-refractivity contribution in [3.05, 3.63) is 16.6 Å². The second-order valence-electron chi connectivity index (χ2n) is 2.91. The summed E-state index contributed by atoms with van der Waals surface area (Å²) in [5, 5.41) is 5.38. The average molecular weight is 224 g/mol. The summed E-state index contributed by atoms with van der Waals surface area (Å²) in [5.74, 6) is 0. The first kappa shape index (κ1) is 11.5. The Bertz CT molecular complexity index is 258. The first-order chi connectivity index (χ1) is 6.49. The van der Waals surface area contributed by atoms with Crippen molar-refractivity contribution >= 4 is 11.3 Å². The quantitative estimate of drug-likeness (QED) is 0.850. The van der Waals surface area contributed by atoms with E-state index in [0.29, 0.717) is 0 Å². The van der Waals surface area contributed by atoms with Gasteiger partial charge >= 0.3 is 6.18 Å². The Hall–Kier alpha value is -0.620. The molecule has 0 saturated heterocycles. The van der Waals surface area contributed by atoms with Gasteiger partial charge in [0.05, 0.1) is 12.5 Å². The lowest BCUT2D eigenvalue weighted by molar-refractivity contribution is -0.133. The monoisotopic (exact) mass is 224 g/mol. The molecule has 0 fully saturated rings. The van der Waals surface area contributed by atoms with Gasteiger partial charge in [-0.2, -0.15) is 13.2 Å². The minimum Gasteiger partial charge on any atom is -0.308 e. The number of hydrogen-bond donors (Lipinski definition) is 1. The van der Waals surface area contributed by atoms with Gasteiger partial charge in [-0.3, -0.25) is 0 Å². The molecule has 2 nitrogen and oxygen atoms in total. The van der Waals surface area contributed by atoms with Crippen molar-refractivity contribution in [2.75, 3.05) is 6.54 Å². The molecule has 0 aromatic carbocycles. The number of halogens is 3. The molecule has 80 valence electrons. The van der Waals surface area contributed by atoms with Gasteiger partial charge in [-0.1, -0.05) is 0 Å². The zero-order chi connectivity index (χ0) is 10.6. The molecule has 1 rings (SSSR count). The molecule has 0 aliphatic carbocycles. The molecule has 1 heterocycles. The van der Waals surface area contributed by atoms with Crippen molar-refractivity contribution in [2.24, 2.45) is 0 Å². The normalized spacial score (nSPS) is 14.3. The van der Waals surface area contributed by atoms with Crippen molar-refractivity contribution in [2.45, 2.75) is 25.6 Å². The second-order valence-corrected chi connectivity index (χ2v) is 3.84. The van der Waals surface area contributed by atoms with Crippen LogP contribution in [0.1, 0.15) is 24.4 Å². The van der Waals surface area contributed by atoms with Crippen molar-refractivity contribution in [1.29, 1.82) is 0 Å². The summed E-state index contributed by atoms with van der Waals surface area (Å²) in [5.41, 5.74) is 0. The molecule has 6 heteroatoms. The third-order valence-electron chi connectivity index (χ3n) is 1.68. The molecular weight excluding hydrogens is 213 g/mol. The summed E-state index contributed by atoms with van der Waals surface area (Å²) in [6.45, 7) is 1.74. The number of thiazole rings is 1. The first-order valence-electron chi connectivity index (χ1n) is 4.18. The summed E-state index contributed by atoms with van der Waals surface area (Å²) in [6, 6.07) is -0.114. The fraction of sp³-hybridized carbons (Fsp3) is 0.625. The van der Waals surface area contributed by atoms with E-state index in [2.05, 4.69) is 10.3 Å². The summed E-state index contributed by atoms with van der Waals surface area (Å²) in [6.07, 6.45) is -3.25. The highest BCUT2D eigenvalue weighted by Gasteiger charge is 2.26. The molecule has 1 aromatic rings. The van der Waals surface area contributed by atoms with E-state index < -0.39 is 12.6 Å². The Balaban J connectivity index is 2.26. The fourth-order valence-electron chi connectivity index (χ4n) is 0.966. The van der Waals surface area contributed by atoms with Crippen LogP contribution < -0.4 is 5.32 Å².